The number of benzene rings is 12. The van der Waals surface area contributed by atoms with Crippen LogP contribution in [0.3, 0.4) is 0 Å². The molecular formula is C77H64N4. The van der Waals surface area contributed by atoms with Crippen LogP contribution in [-0.2, 0) is 5.41 Å². The molecule has 0 fully saturated rings. The first-order valence-corrected chi connectivity index (χ1v) is 27.9. The van der Waals surface area contributed by atoms with Gasteiger partial charge >= 0.3 is 0 Å². The van der Waals surface area contributed by atoms with E-state index in [2.05, 4.69) is 363 Å². The third-order valence-corrected chi connectivity index (χ3v) is 15.3. The SMILES string of the molecule is Cc1cccc(N(c2ccccc2)c2ccc(C(c3ccc(N(c4ccccc4)c4cccc(C)c4)cc3)(c3ccc(N(c4ccccc4)c4cccc(C)c4)cc3)c3ccc(N(c4ccccc4)c4cccc(C)c4)cc3)cc2)c1. The van der Waals surface area contributed by atoms with Crippen LogP contribution in [0, 0.1) is 27.7 Å². The molecule has 0 aliphatic heterocycles. The highest BCUT2D eigenvalue weighted by Crippen LogP contribution is 2.50. The standard InChI is InChI=1S/C77H64N4/c1-57-21-17-33-73(53-57)78(65-25-9-5-10-26-65)69-45-37-61(38-46-69)77(62-39-47-70(48-40-62)79(66-27-11-6-12-28-66)74-34-18-22-58(2)54-74,63-41-49-71(50-42-63)80(67-29-13-7-14-30-67)75-35-19-23-59(3)55-75)64-43-51-72(52-44-64)81(68-31-15-8-16-32-68)76-36-20-24-60(4)56-76/h5-56H,1-4H3. The van der Waals surface area contributed by atoms with E-state index < -0.39 is 5.41 Å². The van der Waals surface area contributed by atoms with Crippen molar-refractivity contribution in [2.45, 2.75) is 33.1 Å². The lowest BCUT2D eigenvalue weighted by atomic mass is 9.65. The number of para-hydroxylation sites is 4. The molecule has 81 heavy (non-hydrogen) atoms. The Morgan fingerprint density at radius 2 is 0.346 bits per heavy atom. The van der Waals surface area contributed by atoms with E-state index in [9.17, 15) is 0 Å². The lowest BCUT2D eigenvalue weighted by Gasteiger charge is -2.38. The van der Waals surface area contributed by atoms with Crippen molar-refractivity contribution in [2.75, 3.05) is 19.6 Å². The highest BCUT2D eigenvalue weighted by Gasteiger charge is 2.39. The van der Waals surface area contributed by atoms with Gasteiger partial charge in [0, 0.05) is 68.2 Å². The molecule has 0 aliphatic rings. The van der Waals surface area contributed by atoms with E-state index in [4.69, 9.17) is 0 Å². The Balaban J connectivity index is 1.10. The number of rotatable bonds is 16. The summed E-state index contributed by atoms with van der Waals surface area (Å²) in [5.74, 6) is 0. The van der Waals surface area contributed by atoms with Crippen LogP contribution in [0.15, 0.2) is 315 Å². The third-order valence-electron chi connectivity index (χ3n) is 15.3. The van der Waals surface area contributed by atoms with Gasteiger partial charge in [0.15, 0.2) is 0 Å². The van der Waals surface area contributed by atoms with Crippen molar-refractivity contribution in [2.24, 2.45) is 0 Å². The molecule has 0 spiro atoms. The zero-order valence-corrected chi connectivity index (χ0v) is 46.3. The maximum atomic E-state index is 2.35. The molecule has 0 saturated heterocycles. The topological polar surface area (TPSA) is 13.0 Å². The van der Waals surface area contributed by atoms with Crippen LogP contribution in [0.25, 0.3) is 0 Å². The van der Waals surface area contributed by atoms with Crippen LogP contribution in [-0.4, -0.2) is 0 Å². The molecule has 0 amide bonds. The molecule has 12 aromatic rings. The Labute approximate surface area is 478 Å². The maximum absolute atomic E-state index is 2.35. The van der Waals surface area contributed by atoms with Gasteiger partial charge in [-0.15, -0.1) is 0 Å². The summed E-state index contributed by atoms with van der Waals surface area (Å²) in [5.41, 5.74) is 21.5. The summed E-state index contributed by atoms with van der Waals surface area (Å²) in [6.07, 6.45) is 0. The number of nitrogens with zero attached hydrogens (tertiary/aromatic N) is 4. The molecule has 0 aliphatic carbocycles. The quantitative estimate of drug-likeness (QED) is 0.0894. The molecule has 0 N–H and O–H groups in total. The van der Waals surface area contributed by atoms with E-state index in [1.54, 1.807) is 0 Å². The molecule has 0 saturated carbocycles. The van der Waals surface area contributed by atoms with Crippen molar-refractivity contribution in [3.05, 3.63) is 360 Å². The Kier molecular flexibility index (Phi) is 14.7. The second-order valence-corrected chi connectivity index (χ2v) is 21.0. The van der Waals surface area contributed by atoms with E-state index in [1.807, 2.05) is 0 Å². The molecule has 4 heteroatoms. The molecule has 0 heterocycles. The van der Waals surface area contributed by atoms with Gasteiger partial charge in [-0.25, -0.2) is 0 Å². The molecule has 0 bridgehead atoms. The highest BCUT2D eigenvalue weighted by molar-refractivity contribution is 5.82. The highest BCUT2D eigenvalue weighted by atomic mass is 15.2. The van der Waals surface area contributed by atoms with Crippen molar-refractivity contribution in [3.63, 3.8) is 0 Å². The average molecular weight is 1050 g/mol. The first kappa shape index (κ1) is 51.6. The molecule has 12 rings (SSSR count). The number of aryl methyl sites for hydroxylation is 4. The van der Waals surface area contributed by atoms with Gasteiger partial charge in [-0.3, -0.25) is 0 Å². The van der Waals surface area contributed by atoms with Gasteiger partial charge in [-0.2, -0.15) is 0 Å². The maximum Gasteiger partial charge on any atom is 0.0701 e. The minimum atomic E-state index is -0.836. The van der Waals surface area contributed by atoms with Gasteiger partial charge in [0.1, 0.15) is 0 Å². The lowest BCUT2D eigenvalue weighted by molar-refractivity contribution is 0.745. The fourth-order valence-corrected chi connectivity index (χ4v) is 11.6. The zero-order chi connectivity index (χ0) is 55.1. The van der Waals surface area contributed by atoms with Crippen molar-refractivity contribution >= 4 is 68.2 Å². The summed E-state index contributed by atoms with van der Waals surface area (Å²) in [6.45, 7) is 8.63. The molecular weight excluding hydrogens is 981 g/mol. The Morgan fingerprint density at radius 3 is 0.531 bits per heavy atom. The third kappa shape index (κ3) is 10.6. The minimum absolute atomic E-state index is 0.836. The summed E-state index contributed by atoms with van der Waals surface area (Å²) in [5, 5.41) is 0. The van der Waals surface area contributed by atoms with E-state index in [-0.39, 0.29) is 0 Å². The zero-order valence-electron chi connectivity index (χ0n) is 46.3. The molecule has 0 aromatic heterocycles. The number of anilines is 12. The van der Waals surface area contributed by atoms with Crippen LogP contribution in [0.1, 0.15) is 44.5 Å². The van der Waals surface area contributed by atoms with Crippen LogP contribution in [0.5, 0.6) is 0 Å². The van der Waals surface area contributed by atoms with Crippen molar-refractivity contribution in [1.29, 1.82) is 0 Å². The summed E-state index contributed by atoms with van der Waals surface area (Å²) in [7, 11) is 0. The predicted molar refractivity (Wildman–Crippen MR) is 342 cm³/mol. The second-order valence-electron chi connectivity index (χ2n) is 21.0. The van der Waals surface area contributed by atoms with Crippen molar-refractivity contribution in [3.8, 4) is 0 Å². The van der Waals surface area contributed by atoms with E-state index in [1.165, 1.54) is 22.3 Å². The lowest BCUT2D eigenvalue weighted by Crippen LogP contribution is -2.31. The largest absolute Gasteiger partial charge is 0.310 e. The van der Waals surface area contributed by atoms with Crippen LogP contribution in [0.2, 0.25) is 0 Å². The normalized spacial score (nSPS) is 11.2. The Hall–Kier alpha value is -10.2. The fourth-order valence-electron chi connectivity index (χ4n) is 11.6. The van der Waals surface area contributed by atoms with Crippen LogP contribution < -0.4 is 19.6 Å². The molecule has 392 valence electrons. The average Bonchev–Trinajstić information content (AvgIpc) is 3.65. The van der Waals surface area contributed by atoms with Gasteiger partial charge in [0.05, 0.1) is 5.41 Å². The van der Waals surface area contributed by atoms with Crippen LogP contribution >= 0.6 is 0 Å². The Bertz CT molecular complexity index is 3480. The van der Waals surface area contributed by atoms with Gasteiger partial charge in [0.25, 0.3) is 0 Å². The monoisotopic (exact) mass is 1040 g/mol. The summed E-state index contributed by atoms with van der Waals surface area (Å²) >= 11 is 0. The van der Waals surface area contributed by atoms with Gasteiger partial charge in [-0.1, -0.05) is 170 Å². The van der Waals surface area contributed by atoms with E-state index in [0.29, 0.717) is 0 Å². The predicted octanol–water partition coefficient (Wildman–Crippen LogP) is 21.2. The van der Waals surface area contributed by atoms with Crippen LogP contribution in [0.4, 0.5) is 68.2 Å². The Morgan fingerprint density at radius 1 is 0.173 bits per heavy atom. The first-order valence-electron chi connectivity index (χ1n) is 27.9. The summed E-state index contributed by atoms with van der Waals surface area (Å²) < 4.78 is 0. The number of hydrogen-bond donors (Lipinski definition) is 0. The second kappa shape index (κ2) is 23.0. The van der Waals surface area contributed by atoms with Crippen molar-refractivity contribution < 1.29 is 0 Å². The first-order chi connectivity index (χ1) is 39.8. The molecule has 4 nitrogen and oxygen atoms in total. The summed E-state index contributed by atoms with van der Waals surface area (Å²) in [4.78, 5) is 9.42. The molecule has 12 aromatic carbocycles. The minimum Gasteiger partial charge on any atom is -0.310 e. The van der Waals surface area contributed by atoms with E-state index >= 15 is 0 Å². The fraction of sp³-hybridized carbons (Fsp3) is 0.0649. The number of hydrogen-bond acceptors (Lipinski definition) is 4. The van der Waals surface area contributed by atoms with E-state index in [0.717, 1.165) is 90.5 Å². The molecule has 0 unspecified atom stereocenters. The van der Waals surface area contributed by atoms with Gasteiger partial charge in [-0.05, 0) is 218 Å². The molecule has 0 atom stereocenters. The van der Waals surface area contributed by atoms with Gasteiger partial charge < -0.3 is 19.6 Å². The molecule has 0 radical (unpaired) electrons. The van der Waals surface area contributed by atoms with Crippen molar-refractivity contribution in [1.82, 2.24) is 0 Å². The summed E-state index contributed by atoms with van der Waals surface area (Å²) in [6, 6.07) is 115. The van der Waals surface area contributed by atoms with Gasteiger partial charge in [0.2, 0.25) is 0 Å². The smallest absolute Gasteiger partial charge is 0.0701 e.